The van der Waals surface area contributed by atoms with Gasteiger partial charge in [0, 0.05) is 6.04 Å². The van der Waals surface area contributed by atoms with Gasteiger partial charge in [0.25, 0.3) is 0 Å². The second-order valence-electron chi connectivity index (χ2n) is 4.79. The van der Waals surface area contributed by atoms with Crippen LogP contribution in [0.25, 0.3) is 10.2 Å². The zero-order valence-electron chi connectivity index (χ0n) is 10.0. The number of thiophene rings is 1. The predicted molar refractivity (Wildman–Crippen MR) is 72.5 cm³/mol. The van der Waals surface area contributed by atoms with Gasteiger partial charge in [-0.15, -0.1) is 11.3 Å². The Morgan fingerprint density at radius 1 is 1.47 bits per heavy atom. The van der Waals surface area contributed by atoms with Crippen LogP contribution >= 0.6 is 11.3 Å². The fraction of sp³-hybridized carbons (Fsp3) is 0.538. The van der Waals surface area contributed by atoms with Gasteiger partial charge in [-0.2, -0.15) is 0 Å². The maximum absolute atomic E-state index is 4.38. The molecule has 3 nitrogen and oxygen atoms in total. The van der Waals surface area contributed by atoms with Gasteiger partial charge < -0.3 is 5.32 Å². The van der Waals surface area contributed by atoms with Crippen LogP contribution in [0.5, 0.6) is 0 Å². The summed E-state index contributed by atoms with van der Waals surface area (Å²) in [5.74, 6) is 1.95. The molecule has 2 heterocycles. The van der Waals surface area contributed by atoms with Crippen molar-refractivity contribution in [2.24, 2.45) is 5.92 Å². The lowest BCUT2D eigenvalue weighted by atomic mass is 10.1. The molecule has 1 saturated carbocycles. The Morgan fingerprint density at radius 2 is 2.35 bits per heavy atom. The number of rotatable bonds is 5. The predicted octanol–water partition coefficient (Wildman–Crippen LogP) is 3.68. The van der Waals surface area contributed by atoms with E-state index in [9.17, 15) is 0 Å². The van der Waals surface area contributed by atoms with E-state index >= 15 is 0 Å². The van der Waals surface area contributed by atoms with Crippen molar-refractivity contribution in [3.8, 4) is 0 Å². The molecule has 0 radical (unpaired) electrons. The normalized spacial score (nSPS) is 17.2. The average Bonchev–Trinajstić information content (AvgIpc) is 3.03. The first kappa shape index (κ1) is 11.0. The first-order valence-corrected chi connectivity index (χ1v) is 7.19. The first-order valence-electron chi connectivity index (χ1n) is 6.31. The zero-order chi connectivity index (χ0) is 11.7. The molecule has 0 aliphatic heterocycles. The van der Waals surface area contributed by atoms with Gasteiger partial charge in [0.05, 0.1) is 5.39 Å². The molecule has 0 amide bonds. The Bertz CT molecular complexity index is 504. The van der Waals surface area contributed by atoms with Crippen molar-refractivity contribution < 1.29 is 0 Å². The van der Waals surface area contributed by atoms with Crippen molar-refractivity contribution in [2.45, 2.75) is 38.6 Å². The molecule has 1 aliphatic carbocycles. The zero-order valence-corrected chi connectivity index (χ0v) is 10.8. The lowest BCUT2D eigenvalue weighted by molar-refractivity contribution is 0.585. The highest BCUT2D eigenvalue weighted by molar-refractivity contribution is 7.16. The van der Waals surface area contributed by atoms with Crippen LogP contribution in [0, 0.1) is 5.92 Å². The lowest BCUT2D eigenvalue weighted by Crippen LogP contribution is -2.20. The van der Waals surface area contributed by atoms with Crippen LogP contribution in [0.15, 0.2) is 17.8 Å². The highest BCUT2D eigenvalue weighted by Crippen LogP contribution is 2.35. The van der Waals surface area contributed by atoms with Gasteiger partial charge in [0.2, 0.25) is 0 Å². The van der Waals surface area contributed by atoms with Crippen LogP contribution in [0.2, 0.25) is 0 Å². The minimum atomic E-state index is 0.556. The van der Waals surface area contributed by atoms with Crippen LogP contribution in [-0.4, -0.2) is 16.0 Å². The van der Waals surface area contributed by atoms with E-state index in [0.717, 1.165) is 28.4 Å². The fourth-order valence-electron chi connectivity index (χ4n) is 2.18. The van der Waals surface area contributed by atoms with Crippen LogP contribution in [-0.2, 0) is 0 Å². The van der Waals surface area contributed by atoms with Crippen LogP contribution in [0.1, 0.15) is 32.6 Å². The number of aromatic nitrogens is 2. The molecule has 0 aromatic carbocycles. The molecule has 90 valence electrons. The smallest absolute Gasteiger partial charge is 0.138 e. The monoisotopic (exact) mass is 247 g/mol. The van der Waals surface area contributed by atoms with E-state index in [1.807, 2.05) is 0 Å². The van der Waals surface area contributed by atoms with E-state index in [4.69, 9.17) is 0 Å². The summed E-state index contributed by atoms with van der Waals surface area (Å²) >= 11 is 1.67. The Hall–Kier alpha value is -1.16. The van der Waals surface area contributed by atoms with E-state index < -0.39 is 0 Å². The molecule has 0 saturated heterocycles. The number of nitrogens with zero attached hydrogens (tertiary/aromatic N) is 2. The number of anilines is 1. The maximum Gasteiger partial charge on any atom is 0.138 e. The van der Waals surface area contributed by atoms with E-state index in [1.54, 1.807) is 17.7 Å². The Labute approximate surface area is 105 Å². The molecule has 2 aromatic rings. The van der Waals surface area contributed by atoms with Crippen LogP contribution in [0.3, 0.4) is 0 Å². The van der Waals surface area contributed by atoms with Gasteiger partial charge in [-0.1, -0.05) is 19.8 Å². The summed E-state index contributed by atoms with van der Waals surface area (Å²) in [6, 6.07) is 2.66. The third kappa shape index (κ3) is 2.41. The number of fused-ring (bicyclic) bond motifs is 1. The summed E-state index contributed by atoms with van der Waals surface area (Å²) in [5.41, 5.74) is 0. The minimum absolute atomic E-state index is 0.556. The molecule has 17 heavy (non-hydrogen) atoms. The summed E-state index contributed by atoms with van der Waals surface area (Å²) in [6.07, 6.45) is 6.93. The number of hydrogen-bond donors (Lipinski definition) is 1. The topological polar surface area (TPSA) is 37.8 Å². The summed E-state index contributed by atoms with van der Waals surface area (Å²) in [6.45, 7) is 2.24. The van der Waals surface area contributed by atoms with E-state index in [2.05, 4.69) is 33.7 Å². The molecule has 2 aromatic heterocycles. The molecule has 4 heteroatoms. The molecule has 1 aliphatic rings. The third-order valence-electron chi connectivity index (χ3n) is 3.41. The molecule has 0 bridgehead atoms. The fourth-order valence-corrected chi connectivity index (χ4v) is 2.91. The van der Waals surface area contributed by atoms with Crippen molar-refractivity contribution in [1.29, 1.82) is 0 Å². The van der Waals surface area contributed by atoms with Gasteiger partial charge in [0.1, 0.15) is 17.0 Å². The van der Waals surface area contributed by atoms with E-state index in [1.165, 1.54) is 19.3 Å². The Kier molecular flexibility index (Phi) is 2.97. The maximum atomic E-state index is 4.38. The van der Waals surface area contributed by atoms with E-state index in [0.29, 0.717) is 6.04 Å². The van der Waals surface area contributed by atoms with Gasteiger partial charge in [-0.25, -0.2) is 9.97 Å². The SMILES string of the molecule is CCC(CC1CC1)Nc1ncnc2sccc12. The average molecular weight is 247 g/mol. The summed E-state index contributed by atoms with van der Waals surface area (Å²) in [7, 11) is 0. The molecular weight excluding hydrogens is 230 g/mol. The molecule has 1 atom stereocenters. The molecular formula is C13H17N3S. The van der Waals surface area contributed by atoms with Crippen molar-refractivity contribution in [1.82, 2.24) is 9.97 Å². The van der Waals surface area contributed by atoms with Crippen molar-refractivity contribution in [3.05, 3.63) is 17.8 Å². The Balaban J connectivity index is 1.79. The van der Waals surface area contributed by atoms with Gasteiger partial charge in [-0.05, 0) is 30.2 Å². The second-order valence-corrected chi connectivity index (χ2v) is 5.68. The highest BCUT2D eigenvalue weighted by atomic mass is 32.1. The van der Waals surface area contributed by atoms with Crippen LogP contribution < -0.4 is 5.32 Å². The second kappa shape index (κ2) is 4.61. The largest absolute Gasteiger partial charge is 0.367 e. The molecule has 3 rings (SSSR count). The standard InChI is InChI=1S/C13H17N3S/c1-2-10(7-9-3-4-9)16-12-11-5-6-17-13(11)15-8-14-12/h5-6,8-10H,2-4,7H2,1H3,(H,14,15,16). The van der Waals surface area contributed by atoms with Crippen molar-refractivity contribution in [3.63, 3.8) is 0 Å². The van der Waals surface area contributed by atoms with Crippen molar-refractivity contribution >= 4 is 27.4 Å². The van der Waals surface area contributed by atoms with Gasteiger partial charge >= 0.3 is 0 Å². The Morgan fingerprint density at radius 3 is 3.12 bits per heavy atom. The molecule has 1 fully saturated rings. The summed E-state index contributed by atoms with van der Waals surface area (Å²) < 4.78 is 0. The molecule has 1 N–H and O–H groups in total. The summed E-state index contributed by atoms with van der Waals surface area (Å²) in [4.78, 5) is 9.73. The third-order valence-corrected chi connectivity index (χ3v) is 4.23. The van der Waals surface area contributed by atoms with E-state index in [-0.39, 0.29) is 0 Å². The first-order chi connectivity index (χ1) is 8.36. The van der Waals surface area contributed by atoms with Crippen LogP contribution in [0.4, 0.5) is 5.82 Å². The molecule has 1 unspecified atom stereocenters. The number of hydrogen-bond acceptors (Lipinski definition) is 4. The lowest BCUT2D eigenvalue weighted by Gasteiger charge is -2.17. The van der Waals surface area contributed by atoms with Gasteiger partial charge in [-0.3, -0.25) is 0 Å². The quantitative estimate of drug-likeness (QED) is 0.875. The number of nitrogens with one attached hydrogen (secondary N) is 1. The minimum Gasteiger partial charge on any atom is -0.367 e. The highest BCUT2D eigenvalue weighted by Gasteiger charge is 2.25. The van der Waals surface area contributed by atoms with Gasteiger partial charge in [0.15, 0.2) is 0 Å². The van der Waals surface area contributed by atoms with Crippen molar-refractivity contribution in [2.75, 3.05) is 5.32 Å². The molecule has 0 spiro atoms. The summed E-state index contributed by atoms with van der Waals surface area (Å²) in [5, 5.41) is 6.82.